The third kappa shape index (κ3) is 6.04. The Morgan fingerprint density at radius 2 is 1.26 bits per heavy atom. The maximum atomic E-state index is 12.5. The van der Waals surface area contributed by atoms with Crippen LogP contribution in [0.25, 0.3) is 0 Å². The first-order valence-corrected chi connectivity index (χ1v) is 10.3. The number of ether oxygens (including phenoxy) is 3. The predicted molar refractivity (Wildman–Crippen MR) is 126 cm³/mol. The number of amides is 3. The van der Waals surface area contributed by atoms with Crippen molar-refractivity contribution in [1.82, 2.24) is 10.9 Å². The van der Waals surface area contributed by atoms with E-state index in [0.29, 0.717) is 28.5 Å². The summed E-state index contributed by atoms with van der Waals surface area (Å²) in [4.78, 5) is 37.1. The number of carbonyl (C=O) groups excluding carboxylic acids is 3. The summed E-state index contributed by atoms with van der Waals surface area (Å²) in [5.74, 6) is -0.297. The van der Waals surface area contributed by atoms with Crippen LogP contribution in [0, 0.1) is 0 Å². The lowest BCUT2D eigenvalue weighted by Crippen LogP contribution is -2.41. The first-order valence-electron chi connectivity index (χ1n) is 10.3. The molecular weight excluding hydrogens is 438 g/mol. The van der Waals surface area contributed by atoms with Gasteiger partial charge in [-0.3, -0.25) is 25.2 Å². The summed E-state index contributed by atoms with van der Waals surface area (Å²) in [6, 6.07) is 18.6. The molecule has 0 aliphatic rings. The summed E-state index contributed by atoms with van der Waals surface area (Å²) >= 11 is 0. The van der Waals surface area contributed by atoms with Crippen molar-refractivity contribution in [3.05, 3.63) is 83.4 Å². The van der Waals surface area contributed by atoms with E-state index < -0.39 is 11.8 Å². The molecule has 0 aliphatic heterocycles. The monoisotopic (exact) mass is 463 g/mol. The molecular formula is C25H25N3O6. The lowest BCUT2D eigenvalue weighted by atomic mass is 10.1. The van der Waals surface area contributed by atoms with Crippen LogP contribution in [0.2, 0.25) is 0 Å². The van der Waals surface area contributed by atoms with Gasteiger partial charge in [-0.2, -0.15) is 0 Å². The molecule has 0 atom stereocenters. The molecule has 3 aromatic rings. The minimum absolute atomic E-state index is 0.166. The molecule has 3 aromatic carbocycles. The van der Waals surface area contributed by atoms with Crippen LogP contribution in [0.1, 0.15) is 26.3 Å². The number of carbonyl (C=O) groups is 3. The van der Waals surface area contributed by atoms with E-state index in [9.17, 15) is 14.4 Å². The number of benzene rings is 3. The molecule has 0 aliphatic carbocycles. The van der Waals surface area contributed by atoms with E-state index in [-0.39, 0.29) is 17.9 Å². The van der Waals surface area contributed by atoms with Gasteiger partial charge in [0.25, 0.3) is 11.8 Å². The summed E-state index contributed by atoms with van der Waals surface area (Å²) in [5.41, 5.74) is 6.66. The van der Waals surface area contributed by atoms with E-state index in [0.717, 1.165) is 5.56 Å². The molecule has 0 unspecified atom stereocenters. The van der Waals surface area contributed by atoms with Gasteiger partial charge in [0.2, 0.25) is 11.7 Å². The molecule has 0 fully saturated rings. The maximum absolute atomic E-state index is 12.5. The van der Waals surface area contributed by atoms with Crippen LogP contribution in [-0.4, -0.2) is 39.1 Å². The highest BCUT2D eigenvalue weighted by atomic mass is 16.5. The summed E-state index contributed by atoms with van der Waals surface area (Å²) in [5, 5.41) is 2.78. The summed E-state index contributed by atoms with van der Waals surface area (Å²) in [7, 11) is 4.34. The van der Waals surface area contributed by atoms with Gasteiger partial charge in [0.15, 0.2) is 11.5 Å². The van der Waals surface area contributed by atoms with E-state index in [4.69, 9.17) is 14.2 Å². The zero-order valence-corrected chi connectivity index (χ0v) is 19.0. The van der Waals surface area contributed by atoms with Crippen LogP contribution in [0.15, 0.2) is 66.7 Å². The number of nitrogens with one attached hydrogen (secondary N) is 3. The molecule has 0 heterocycles. The van der Waals surface area contributed by atoms with Crippen molar-refractivity contribution in [3.8, 4) is 17.2 Å². The average Bonchev–Trinajstić information content (AvgIpc) is 2.87. The predicted octanol–water partition coefficient (Wildman–Crippen LogP) is 2.97. The lowest BCUT2D eigenvalue weighted by Gasteiger charge is -2.14. The van der Waals surface area contributed by atoms with Crippen molar-refractivity contribution in [1.29, 1.82) is 0 Å². The second kappa shape index (κ2) is 11.4. The smallest absolute Gasteiger partial charge is 0.269 e. The van der Waals surface area contributed by atoms with Gasteiger partial charge >= 0.3 is 0 Å². The van der Waals surface area contributed by atoms with E-state index in [1.54, 1.807) is 24.3 Å². The quantitative estimate of drug-likeness (QED) is 0.443. The highest BCUT2D eigenvalue weighted by molar-refractivity contribution is 6.00. The van der Waals surface area contributed by atoms with Crippen molar-refractivity contribution in [3.63, 3.8) is 0 Å². The SMILES string of the molecule is COc1cc(C(=O)NNC(=O)c2ccc(NC(=O)Cc3ccccc3)cc2)cc(OC)c1OC. The van der Waals surface area contributed by atoms with Crippen molar-refractivity contribution >= 4 is 23.4 Å². The number of hydrogen-bond donors (Lipinski definition) is 3. The molecule has 0 saturated heterocycles. The van der Waals surface area contributed by atoms with Gasteiger partial charge in [0, 0.05) is 16.8 Å². The molecule has 3 rings (SSSR count). The second-order valence-corrected chi connectivity index (χ2v) is 7.11. The largest absolute Gasteiger partial charge is 0.493 e. The van der Waals surface area contributed by atoms with Gasteiger partial charge in [0.1, 0.15) is 0 Å². The van der Waals surface area contributed by atoms with Crippen LogP contribution in [0.5, 0.6) is 17.2 Å². The molecule has 0 radical (unpaired) electrons. The van der Waals surface area contributed by atoms with E-state index in [1.165, 1.54) is 33.5 Å². The Morgan fingerprint density at radius 1 is 0.706 bits per heavy atom. The standard InChI is InChI=1S/C25H25N3O6/c1-32-20-14-18(15-21(33-2)23(20)34-3)25(31)28-27-24(30)17-9-11-19(12-10-17)26-22(29)13-16-7-5-4-6-8-16/h4-12,14-15H,13H2,1-3H3,(H,26,29)(H,27,30)(H,28,31). The molecule has 3 amide bonds. The Hall–Kier alpha value is -4.53. The molecule has 9 heteroatoms. The minimum atomic E-state index is -0.572. The normalized spacial score (nSPS) is 10.1. The fourth-order valence-electron chi connectivity index (χ4n) is 3.16. The first-order chi connectivity index (χ1) is 16.4. The fourth-order valence-corrected chi connectivity index (χ4v) is 3.16. The topological polar surface area (TPSA) is 115 Å². The van der Waals surface area contributed by atoms with Crippen molar-refractivity contribution in [2.75, 3.05) is 26.6 Å². The maximum Gasteiger partial charge on any atom is 0.269 e. The second-order valence-electron chi connectivity index (χ2n) is 7.11. The minimum Gasteiger partial charge on any atom is -0.493 e. The highest BCUT2D eigenvalue weighted by Gasteiger charge is 2.17. The molecule has 0 aromatic heterocycles. The van der Waals surface area contributed by atoms with E-state index in [1.807, 2.05) is 30.3 Å². The van der Waals surface area contributed by atoms with Gasteiger partial charge in [-0.15, -0.1) is 0 Å². The van der Waals surface area contributed by atoms with Crippen LogP contribution >= 0.6 is 0 Å². The molecule has 34 heavy (non-hydrogen) atoms. The van der Waals surface area contributed by atoms with Gasteiger partial charge in [-0.1, -0.05) is 30.3 Å². The molecule has 9 nitrogen and oxygen atoms in total. The Bertz CT molecular complexity index is 1140. The van der Waals surface area contributed by atoms with Crippen molar-refractivity contribution in [2.24, 2.45) is 0 Å². The Morgan fingerprint density at radius 3 is 1.79 bits per heavy atom. The number of anilines is 1. The van der Waals surface area contributed by atoms with Gasteiger partial charge < -0.3 is 19.5 Å². The highest BCUT2D eigenvalue weighted by Crippen LogP contribution is 2.38. The lowest BCUT2D eigenvalue weighted by molar-refractivity contribution is -0.115. The molecule has 0 saturated carbocycles. The van der Waals surface area contributed by atoms with Crippen molar-refractivity contribution in [2.45, 2.75) is 6.42 Å². The number of rotatable bonds is 8. The summed E-state index contributed by atoms with van der Waals surface area (Å²) in [6.45, 7) is 0. The number of hydrogen-bond acceptors (Lipinski definition) is 6. The molecule has 3 N–H and O–H groups in total. The number of methoxy groups -OCH3 is 3. The Labute approximate surface area is 197 Å². The fraction of sp³-hybridized carbons (Fsp3) is 0.160. The van der Waals surface area contributed by atoms with Crippen LogP contribution in [0.3, 0.4) is 0 Å². The Balaban J connectivity index is 1.57. The average molecular weight is 463 g/mol. The van der Waals surface area contributed by atoms with Crippen LogP contribution in [-0.2, 0) is 11.2 Å². The van der Waals surface area contributed by atoms with Crippen molar-refractivity contribution < 1.29 is 28.6 Å². The first kappa shape index (κ1) is 24.1. The molecule has 176 valence electrons. The molecule has 0 bridgehead atoms. The van der Waals surface area contributed by atoms with E-state index in [2.05, 4.69) is 16.2 Å². The zero-order valence-electron chi connectivity index (χ0n) is 19.0. The third-order valence-electron chi connectivity index (χ3n) is 4.85. The van der Waals surface area contributed by atoms with E-state index >= 15 is 0 Å². The summed E-state index contributed by atoms with van der Waals surface area (Å²) < 4.78 is 15.7. The Kier molecular flexibility index (Phi) is 8.07. The third-order valence-corrected chi connectivity index (χ3v) is 4.85. The molecule has 0 spiro atoms. The van der Waals surface area contributed by atoms with Gasteiger partial charge in [-0.25, -0.2) is 0 Å². The summed E-state index contributed by atoms with van der Waals surface area (Å²) in [6.07, 6.45) is 0.246. The van der Waals surface area contributed by atoms with Crippen LogP contribution < -0.4 is 30.4 Å². The van der Waals surface area contributed by atoms with Crippen LogP contribution in [0.4, 0.5) is 5.69 Å². The number of hydrazine groups is 1. The van der Waals surface area contributed by atoms with Gasteiger partial charge in [-0.05, 0) is 42.0 Å². The van der Waals surface area contributed by atoms with Gasteiger partial charge in [0.05, 0.1) is 27.8 Å². The zero-order chi connectivity index (χ0) is 24.5.